The minimum atomic E-state index is -0.490. The van der Waals surface area contributed by atoms with Crippen molar-refractivity contribution in [3.05, 3.63) is 29.3 Å². The lowest BCUT2D eigenvalue weighted by Gasteiger charge is -2.18. The third-order valence-electron chi connectivity index (χ3n) is 3.28. The zero-order valence-corrected chi connectivity index (χ0v) is 13.8. The molecule has 0 bridgehead atoms. The fourth-order valence-electron chi connectivity index (χ4n) is 2.02. The van der Waals surface area contributed by atoms with Gasteiger partial charge < -0.3 is 15.4 Å². The molecule has 0 heterocycles. The van der Waals surface area contributed by atoms with Gasteiger partial charge in [0.05, 0.1) is 0 Å². The van der Waals surface area contributed by atoms with E-state index in [4.69, 9.17) is 4.74 Å². The Kier molecular flexibility index (Phi) is 7.23. The predicted octanol–water partition coefficient (Wildman–Crippen LogP) is 2.64. The minimum absolute atomic E-state index is 0.0633. The second-order valence-corrected chi connectivity index (χ2v) is 5.88. The zero-order chi connectivity index (χ0) is 15.8. The molecular formula is C17H28N2O2. The average Bonchev–Trinajstić information content (AvgIpc) is 2.41. The molecule has 4 heteroatoms. The average molecular weight is 292 g/mol. The Labute approximate surface area is 128 Å². The highest BCUT2D eigenvalue weighted by Crippen LogP contribution is 2.21. The van der Waals surface area contributed by atoms with Crippen LogP contribution in [0.2, 0.25) is 0 Å². The number of hydrogen-bond donors (Lipinski definition) is 2. The molecule has 1 atom stereocenters. The van der Waals surface area contributed by atoms with Crippen LogP contribution in [0, 0.1) is 12.8 Å². The van der Waals surface area contributed by atoms with Crippen LogP contribution in [0.1, 0.15) is 38.3 Å². The van der Waals surface area contributed by atoms with Crippen LogP contribution < -0.4 is 15.4 Å². The number of nitrogens with one attached hydrogen (secondary N) is 2. The number of carbonyl (C=O) groups excluding carboxylic acids is 1. The summed E-state index contributed by atoms with van der Waals surface area (Å²) in [5.41, 5.74) is 2.25. The molecule has 0 spiro atoms. The summed E-state index contributed by atoms with van der Waals surface area (Å²) in [5.74, 6) is 1.29. The summed E-state index contributed by atoms with van der Waals surface area (Å²) in [7, 11) is 1.90. The summed E-state index contributed by atoms with van der Waals surface area (Å²) in [6.45, 7) is 9.53. The molecule has 118 valence electrons. The van der Waals surface area contributed by atoms with E-state index < -0.39 is 6.10 Å². The van der Waals surface area contributed by atoms with E-state index >= 15 is 0 Å². The molecule has 4 nitrogen and oxygen atoms in total. The standard InChI is InChI=1S/C17H28N2O2/c1-12(2)8-9-19-17(20)14(4)21-16-7-6-13(3)10-15(16)11-18-5/h6-7,10,12,14,18H,8-9,11H2,1-5H3,(H,19,20). The molecular weight excluding hydrogens is 264 g/mol. The van der Waals surface area contributed by atoms with Gasteiger partial charge in [-0.15, -0.1) is 0 Å². The van der Waals surface area contributed by atoms with Crippen LogP contribution in [0.5, 0.6) is 5.75 Å². The molecule has 0 saturated carbocycles. The van der Waals surface area contributed by atoms with Crippen molar-refractivity contribution >= 4 is 5.91 Å². The van der Waals surface area contributed by atoms with E-state index in [1.54, 1.807) is 6.92 Å². The fraction of sp³-hybridized carbons (Fsp3) is 0.588. The molecule has 0 saturated heterocycles. The number of rotatable bonds is 8. The quantitative estimate of drug-likeness (QED) is 0.774. The first-order chi connectivity index (χ1) is 9.93. The van der Waals surface area contributed by atoms with Crippen molar-refractivity contribution in [3.63, 3.8) is 0 Å². The second kappa shape index (κ2) is 8.67. The van der Waals surface area contributed by atoms with E-state index in [0.29, 0.717) is 12.5 Å². The number of ether oxygens (including phenoxy) is 1. The van der Waals surface area contributed by atoms with E-state index in [-0.39, 0.29) is 5.91 Å². The van der Waals surface area contributed by atoms with Crippen molar-refractivity contribution in [2.45, 2.75) is 46.8 Å². The van der Waals surface area contributed by atoms with Gasteiger partial charge in [-0.1, -0.05) is 31.5 Å². The third kappa shape index (κ3) is 6.17. The normalized spacial score (nSPS) is 12.3. The van der Waals surface area contributed by atoms with Crippen LogP contribution in [-0.4, -0.2) is 25.6 Å². The summed E-state index contributed by atoms with van der Waals surface area (Å²) in [6.07, 6.45) is 0.490. The molecule has 0 fully saturated rings. The molecule has 21 heavy (non-hydrogen) atoms. The van der Waals surface area contributed by atoms with E-state index in [9.17, 15) is 4.79 Å². The molecule has 1 aromatic rings. The molecule has 0 aliphatic heterocycles. The number of carbonyl (C=O) groups is 1. The van der Waals surface area contributed by atoms with E-state index in [1.165, 1.54) is 5.56 Å². The number of amides is 1. The van der Waals surface area contributed by atoms with Gasteiger partial charge in [-0.3, -0.25) is 4.79 Å². The largest absolute Gasteiger partial charge is 0.481 e. The van der Waals surface area contributed by atoms with Crippen molar-refractivity contribution in [1.29, 1.82) is 0 Å². The van der Waals surface area contributed by atoms with Crippen LogP contribution in [0.3, 0.4) is 0 Å². The van der Waals surface area contributed by atoms with Crippen LogP contribution in [0.25, 0.3) is 0 Å². The summed E-state index contributed by atoms with van der Waals surface area (Å²) >= 11 is 0. The Hall–Kier alpha value is -1.55. The first-order valence-corrected chi connectivity index (χ1v) is 7.62. The summed E-state index contributed by atoms with van der Waals surface area (Å²) in [4.78, 5) is 12.0. The smallest absolute Gasteiger partial charge is 0.260 e. The van der Waals surface area contributed by atoms with Gasteiger partial charge in [0.1, 0.15) is 5.75 Å². The third-order valence-corrected chi connectivity index (χ3v) is 3.28. The van der Waals surface area contributed by atoms with Gasteiger partial charge in [0.2, 0.25) is 0 Å². The Morgan fingerprint density at radius 1 is 1.29 bits per heavy atom. The van der Waals surface area contributed by atoms with Gasteiger partial charge in [0.25, 0.3) is 5.91 Å². The molecule has 1 rings (SSSR count). The summed E-state index contributed by atoms with van der Waals surface area (Å²) in [5, 5.41) is 6.04. The van der Waals surface area contributed by atoms with Crippen molar-refractivity contribution in [1.82, 2.24) is 10.6 Å². The summed E-state index contributed by atoms with van der Waals surface area (Å²) < 4.78 is 5.82. The Balaban J connectivity index is 2.61. The van der Waals surface area contributed by atoms with Gasteiger partial charge in [-0.05, 0) is 39.3 Å². The van der Waals surface area contributed by atoms with Gasteiger partial charge in [0.15, 0.2) is 6.10 Å². The lowest BCUT2D eigenvalue weighted by Crippen LogP contribution is -2.37. The predicted molar refractivity (Wildman–Crippen MR) is 86.5 cm³/mol. The number of hydrogen-bond acceptors (Lipinski definition) is 3. The van der Waals surface area contributed by atoms with Crippen molar-refractivity contribution in [3.8, 4) is 5.75 Å². The Morgan fingerprint density at radius 2 is 2.00 bits per heavy atom. The molecule has 2 N–H and O–H groups in total. The highest BCUT2D eigenvalue weighted by molar-refractivity contribution is 5.80. The van der Waals surface area contributed by atoms with Crippen molar-refractivity contribution in [2.75, 3.05) is 13.6 Å². The molecule has 0 radical (unpaired) electrons. The lowest BCUT2D eigenvalue weighted by molar-refractivity contribution is -0.127. The maximum atomic E-state index is 12.0. The van der Waals surface area contributed by atoms with E-state index in [0.717, 1.165) is 24.3 Å². The monoisotopic (exact) mass is 292 g/mol. The second-order valence-electron chi connectivity index (χ2n) is 5.88. The number of benzene rings is 1. The van der Waals surface area contributed by atoms with E-state index in [2.05, 4.69) is 30.5 Å². The first-order valence-electron chi connectivity index (χ1n) is 7.62. The van der Waals surface area contributed by atoms with Gasteiger partial charge >= 0.3 is 0 Å². The highest BCUT2D eigenvalue weighted by atomic mass is 16.5. The van der Waals surface area contributed by atoms with Gasteiger partial charge in [0, 0.05) is 18.7 Å². The zero-order valence-electron chi connectivity index (χ0n) is 13.8. The topological polar surface area (TPSA) is 50.4 Å². The highest BCUT2D eigenvalue weighted by Gasteiger charge is 2.16. The van der Waals surface area contributed by atoms with Gasteiger partial charge in [-0.2, -0.15) is 0 Å². The molecule has 0 aromatic heterocycles. The summed E-state index contributed by atoms with van der Waals surface area (Å²) in [6, 6.07) is 6.01. The molecule has 0 aliphatic carbocycles. The molecule has 1 amide bonds. The fourth-order valence-corrected chi connectivity index (χ4v) is 2.02. The Morgan fingerprint density at radius 3 is 2.62 bits per heavy atom. The van der Waals surface area contributed by atoms with Crippen LogP contribution in [0.4, 0.5) is 0 Å². The first kappa shape index (κ1) is 17.5. The van der Waals surface area contributed by atoms with Crippen LogP contribution in [-0.2, 0) is 11.3 Å². The number of aryl methyl sites for hydroxylation is 1. The molecule has 1 unspecified atom stereocenters. The SMILES string of the molecule is CNCc1cc(C)ccc1OC(C)C(=O)NCCC(C)C. The van der Waals surface area contributed by atoms with Crippen LogP contribution >= 0.6 is 0 Å². The minimum Gasteiger partial charge on any atom is -0.481 e. The molecule has 1 aromatic carbocycles. The van der Waals surface area contributed by atoms with Crippen molar-refractivity contribution < 1.29 is 9.53 Å². The Bertz CT molecular complexity index is 458. The maximum Gasteiger partial charge on any atom is 0.260 e. The lowest BCUT2D eigenvalue weighted by atomic mass is 10.1. The van der Waals surface area contributed by atoms with Crippen LogP contribution in [0.15, 0.2) is 18.2 Å². The molecule has 0 aliphatic rings. The van der Waals surface area contributed by atoms with Crippen molar-refractivity contribution in [2.24, 2.45) is 5.92 Å². The maximum absolute atomic E-state index is 12.0. The van der Waals surface area contributed by atoms with Gasteiger partial charge in [-0.25, -0.2) is 0 Å². The van der Waals surface area contributed by atoms with E-state index in [1.807, 2.05) is 26.1 Å².